The molecule has 3 nitrogen and oxygen atoms in total. The number of pyridine rings is 1. The molecule has 1 aromatic heterocycles. The lowest BCUT2D eigenvalue weighted by atomic mass is 10.2. The lowest BCUT2D eigenvalue weighted by Crippen LogP contribution is -2.25. The van der Waals surface area contributed by atoms with Crippen LogP contribution in [0.1, 0.15) is 18.5 Å². The standard InChI is InChI=1S/C7H11N3/c1-6(10-8)7-3-2-4-9-5-7/h2-6,10H,8H2,1H3/t6-/m1/s1. The average molecular weight is 137 g/mol. The molecule has 0 radical (unpaired) electrons. The zero-order valence-electron chi connectivity index (χ0n) is 5.91. The van der Waals surface area contributed by atoms with Crippen molar-refractivity contribution in [1.29, 1.82) is 0 Å². The fraction of sp³-hybridized carbons (Fsp3) is 0.286. The lowest BCUT2D eigenvalue weighted by molar-refractivity contribution is 0.600. The van der Waals surface area contributed by atoms with E-state index in [2.05, 4.69) is 10.4 Å². The van der Waals surface area contributed by atoms with Crippen LogP contribution in [0.2, 0.25) is 0 Å². The molecule has 0 spiro atoms. The highest BCUT2D eigenvalue weighted by Gasteiger charge is 1.99. The van der Waals surface area contributed by atoms with E-state index in [4.69, 9.17) is 5.84 Å². The van der Waals surface area contributed by atoms with E-state index in [0.29, 0.717) is 0 Å². The van der Waals surface area contributed by atoms with Gasteiger partial charge in [-0.25, -0.2) is 0 Å². The number of hydrazine groups is 1. The molecule has 1 rings (SSSR count). The zero-order chi connectivity index (χ0) is 7.40. The van der Waals surface area contributed by atoms with Gasteiger partial charge in [0.1, 0.15) is 0 Å². The second-order valence-electron chi connectivity index (χ2n) is 2.17. The first-order valence-electron chi connectivity index (χ1n) is 3.20. The maximum absolute atomic E-state index is 5.23. The predicted molar refractivity (Wildman–Crippen MR) is 40.0 cm³/mol. The molecule has 0 aliphatic rings. The molecule has 1 aromatic rings. The molecule has 0 unspecified atom stereocenters. The topological polar surface area (TPSA) is 50.9 Å². The van der Waals surface area contributed by atoms with Crippen molar-refractivity contribution in [3.8, 4) is 0 Å². The summed E-state index contributed by atoms with van der Waals surface area (Å²) in [6.07, 6.45) is 3.54. The Kier molecular flexibility index (Phi) is 2.36. The third-order valence-corrected chi connectivity index (χ3v) is 1.43. The van der Waals surface area contributed by atoms with Crippen molar-refractivity contribution in [2.45, 2.75) is 13.0 Å². The van der Waals surface area contributed by atoms with E-state index in [0.717, 1.165) is 5.56 Å². The van der Waals surface area contributed by atoms with Gasteiger partial charge in [0, 0.05) is 18.4 Å². The molecule has 0 aliphatic heterocycles. The van der Waals surface area contributed by atoms with E-state index in [9.17, 15) is 0 Å². The quantitative estimate of drug-likeness (QED) is 0.463. The highest BCUT2D eigenvalue weighted by Crippen LogP contribution is 2.06. The van der Waals surface area contributed by atoms with Crippen molar-refractivity contribution in [1.82, 2.24) is 10.4 Å². The van der Waals surface area contributed by atoms with Crippen LogP contribution in [0, 0.1) is 0 Å². The SMILES string of the molecule is C[C@@H](NN)c1cccnc1. The molecule has 10 heavy (non-hydrogen) atoms. The number of nitrogens with zero attached hydrogens (tertiary/aromatic N) is 1. The van der Waals surface area contributed by atoms with E-state index >= 15 is 0 Å². The molecule has 0 saturated carbocycles. The Labute approximate surface area is 60.2 Å². The Bertz CT molecular complexity index is 185. The largest absolute Gasteiger partial charge is 0.271 e. The smallest absolute Gasteiger partial charge is 0.0447 e. The monoisotopic (exact) mass is 137 g/mol. The minimum atomic E-state index is 0.175. The van der Waals surface area contributed by atoms with Crippen LogP contribution in [0.4, 0.5) is 0 Å². The molecule has 3 N–H and O–H groups in total. The van der Waals surface area contributed by atoms with Gasteiger partial charge in [-0.1, -0.05) is 6.07 Å². The van der Waals surface area contributed by atoms with Crippen molar-refractivity contribution in [3.05, 3.63) is 30.1 Å². The Hall–Kier alpha value is -0.930. The van der Waals surface area contributed by atoms with Crippen LogP contribution in [-0.2, 0) is 0 Å². The fourth-order valence-electron chi connectivity index (χ4n) is 0.728. The van der Waals surface area contributed by atoms with Gasteiger partial charge in [0.2, 0.25) is 0 Å². The molecule has 0 amide bonds. The molecule has 54 valence electrons. The van der Waals surface area contributed by atoms with Crippen molar-refractivity contribution in [2.75, 3.05) is 0 Å². The highest BCUT2D eigenvalue weighted by molar-refractivity contribution is 5.12. The Balaban J connectivity index is 2.75. The first kappa shape index (κ1) is 7.18. The second-order valence-corrected chi connectivity index (χ2v) is 2.17. The van der Waals surface area contributed by atoms with Crippen LogP contribution in [0.3, 0.4) is 0 Å². The van der Waals surface area contributed by atoms with E-state index < -0.39 is 0 Å². The van der Waals surface area contributed by atoms with Gasteiger partial charge in [-0.2, -0.15) is 0 Å². The van der Waals surface area contributed by atoms with Gasteiger partial charge in [-0.15, -0.1) is 0 Å². The summed E-state index contributed by atoms with van der Waals surface area (Å²) in [6, 6.07) is 4.05. The van der Waals surface area contributed by atoms with Crippen LogP contribution in [-0.4, -0.2) is 4.98 Å². The number of nitrogens with one attached hydrogen (secondary N) is 1. The van der Waals surface area contributed by atoms with Gasteiger partial charge in [0.15, 0.2) is 0 Å². The average Bonchev–Trinajstić information content (AvgIpc) is 2.05. The molecular formula is C7H11N3. The van der Waals surface area contributed by atoms with Crippen molar-refractivity contribution in [2.24, 2.45) is 5.84 Å². The molecule has 0 fully saturated rings. The molecule has 0 bridgehead atoms. The number of nitrogens with two attached hydrogens (primary N) is 1. The van der Waals surface area contributed by atoms with Gasteiger partial charge >= 0.3 is 0 Å². The lowest BCUT2D eigenvalue weighted by Gasteiger charge is -2.07. The summed E-state index contributed by atoms with van der Waals surface area (Å²) >= 11 is 0. The Morgan fingerprint density at radius 1 is 1.70 bits per heavy atom. The van der Waals surface area contributed by atoms with Gasteiger partial charge in [-0.3, -0.25) is 16.3 Å². The third kappa shape index (κ3) is 1.52. The first-order chi connectivity index (χ1) is 4.84. The third-order valence-electron chi connectivity index (χ3n) is 1.43. The number of hydrogen-bond acceptors (Lipinski definition) is 3. The van der Waals surface area contributed by atoms with Gasteiger partial charge in [-0.05, 0) is 18.6 Å². The van der Waals surface area contributed by atoms with Gasteiger partial charge in [0.05, 0.1) is 0 Å². The van der Waals surface area contributed by atoms with Crippen LogP contribution >= 0.6 is 0 Å². The fourth-order valence-corrected chi connectivity index (χ4v) is 0.728. The number of aromatic nitrogens is 1. The van der Waals surface area contributed by atoms with Crippen LogP contribution in [0.25, 0.3) is 0 Å². The van der Waals surface area contributed by atoms with Crippen LogP contribution < -0.4 is 11.3 Å². The van der Waals surface area contributed by atoms with E-state index in [1.54, 1.807) is 12.4 Å². The summed E-state index contributed by atoms with van der Waals surface area (Å²) in [5.74, 6) is 5.23. The maximum atomic E-state index is 5.23. The maximum Gasteiger partial charge on any atom is 0.0447 e. The van der Waals surface area contributed by atoms with Crippen molar-refractivity contribution < 1.29 is 0 Å². The number of rotatable bonds is 2. The molecule has 1 atom stereocenters. The van der Waals surface area contributed by atoms with Gasteiger partial charge in [0.25, 0.3) is 0 Å². The Morgan fingerprint density at radius 2 is 2.50 bits per heavy atom. The first-order valence-corrected chi connectivity index (χ1v) is 3.20. The zero-order valence-corrected chi connectivity index (χ0v) is 5.91. The van der Waals surface area contributed by atoms with Crippen LogP contribution in [0.15, 0.2) is 24.5 Å². The molecule has 1 heterocycles. The second kappa shape index (κ2) is 3.29. The molecule has 0 aliphatic carbocycles. The summed E-state index contributed by atoms with van der Waals surface area (Å²) in [7, 11) is 0. The normalized spacial score (nSPS) is 13.0. The predicted octanol–water partition coefficient (Wildman–Crippen LogP) is 0.606. The van der Waals surface area contributed by atoms with E-state index in [1.807, 2.05) is 19.1 Å². The highest BCUT2D eigenvalue weighted by atomic mass is 15.2. The Morgan fingerprint density at radius 3 is 3.00 bits per heavy atom. The summed E-state index contributed by atoms with van der Waals surface area (Å²) in [5, 5.41) is 0. The summed E-state index contributed by atoms with van der Waals surface area (Å²) in [5.41, 5.74) is 3.74. The summed E-state index contributed by atoms with van der Waals surface area (Å²) < 4.78 is 0. The molecule has 0 saturated heterocycles. The van der Waals surface area contributed by atoms with Crippen molar-refractivity contribution >= 4 is 0 Å². The summed E-state index contributed by atoms with van der Waals surface area (Å²) in [4.78, 5) is 3.96. The molecular weight excluding hydrogens is 126 g/mol. The minimum absolute atomic E-state index is 0.175. The molecule has 3 heteroatoms. The van der Waals surface area contributed by atoms with E-state index in [1.165, 1.54) is 0 Å². The van der Waals surface area contributed by atoms with Gasteiger partial charge < -0.3 is 0 Å². The van der Waals surface area contributed by atoms with Crippen LogP contribution in [0.5, 0.6) is 0 Å². The van der Waals surface area contributed by atoms with Crippen molar-refractivity contribution in [3.63, 3.8) is 0 Å². The molecule has 0 aromatic carbocycles. The number of hydrogen-bond donors (Lipinski definition) is 2. The van der Waals surface area contributed by atoms with E-state index in [-0.39, 0.29) is 6.04 Å². The summed E-state index contributed by atoms with van der Waals surface area (Å²) in [6.45, 7) is 1.98. The minimum Gasteiger partial charge on any atom is -0.271 e.